The fraction of sp³-hybridized carbons (Fsp3) is 0.333. The molecule has 1 heterocycles. The van der Waals surface area contributed by atoms with Gasteiger partial charge >= 0.3 is 0 Å². The number of halogens is 1. The van der Waals surface area contributed by atoms with Crippen molar-refractivity contribution in [3.63, 3.8) is 0 Å². The van der Waals surface area contributed by atoms with Gasteiger partial charge in [-0.25, -0.2) is 9.07 Å². The molecule has 1 atom stereocenters. The summed E-state index contributed by atoms with van der Waals surface area (Å²) >= 11 is 0. The second-order valence-corrected chi connectivity index (χ2v) is 4.89. The average molecular weight is 276 g/mol. The molecule has 1 aromatic carbocycles. The van der Waals surface area contributed by atoms with Gasteiger partial charge in [0.05, 0.1) is 12.4 Å². The summed E-state index contributed by atoms with van der Waals surface area (Å²) in [6.45, 7) is 5.35. The van der Waals surface area contributed by atoms with Crippen LogP contribution >= 0.6 is 0 Å². The van der Waals surface area contributed by atoms with Crippen molar-refractivity contribution in [1.82, 2.24) is 9.78 Å². The molecule has 0 spiro atoms. The summed E-state index contributed by atoms with van der Waals surface area (Å²) in [5, 5.41) is 4.04. The van der Waals surface area contributed by atoms with Gasteiger partial charge in [-0.05, 0) is 19.1 Å². The van der Waals surface area contributed by atoms with E-state index in [1.165, 1.54) is 16.9 Å². The van der Waals surface area contributed by atoms with Crippen LogP contribution in [0.5, 0.6) is 5.75 Å². The number of benzene rings is 1. The zero-order valence-corrected chi connectivity index (χ0v) is 11.7. The number of nitrogens with zero attached hydrogens (tertiary/aromatic N) is 2. The molecule has 20 heavy (non-hydrogen) atoms. The van der Waals surface area contributed by atoms with Gasteiger partial charge in [-0.1, -0.05) is 26.0 Å². The van der Waals surface area contributed by atoms with Crippen LogP contribution in [-0.2, 0) is 4.79 Å². The maximum Gasteiger partial charge on any atom is 0.175 e. The Labute approximate surface area is 117 Å². The summed E-state index contributed by atoms with van der Waals surface area (Å²) < 4.78 is 20.5. The Kier molecular flexibility index (Phi) is 4.17. The van der Waals surface area contributed by atoms with Crippen LogP contribution in [0.4, 0.5) is 4.39 Å². The summed E-state index contributed by atoms with van der Waals surface area (Å²) in [4.78, 5) is 11.8. The number of ketones is 1. The summed E-state index contributed by atoms with van der Waals surface area (Å²) in [6.07, 6.45) is 2.48. The number of carbonyl (C=O) groups is 1. The largest absolute Gasteiger partial charge is 0.480 e. The normalized spacial score (nSPS) is 12.4. The van der Waals surface area contributed by atoms with Gasteiger partial charge in [0, 0.05) is 5.92 Å². The van der Waals surface area contributed by atoms with E-state index in [-0.39, 0.29) is 17.5 Å². The summed E-state index contributed by atoms with van der Waals surface area (Å²) in [7, 11) is 0. The Morgan fingerprint density at radius 2 is 2.00 bits per heavy atom. The highest BCUT2D eigenvalue weighted by Gasteiger charge is 2.18. The van der Waals surface area contributed by atoms with Gasteiger partial charge in [0.2, 0.25) is 0 Å². The van der Waals surface area contributed by atoms with Gasteiger partial charge in [-0.15, -0.1) is 0 Å². The third kappa shape index (κ3) is 3.04. The minimum Gasteiger partial charge on any atom is -0.480 e. The molecule has 0 aliphatic carbocycles. The van der Waals surface area contributed by atoms with Gasteiger partial charge in [0.25, 0.3) is 0 Å². The molecule has 0 aliphatic rings. The van der Waals surface area contributed by atoms with Crippen LogP contribution in [0.2, 0.25) is 0 Å². The lowest BCUT2D eigenvalue weighted by atomic mass is 10.1. The Morgan fingerprint density at radius 1 is 1.30 bits per heavy atom. The molecule has 4 nitrogen and oxygen atoms in total. The van der Waals surface area contributed by atoms with Gasteiger partial charge in [0.1, 0.15) is 11.5 Å². The van der Waals surface area contributed by atoms with Crippen LogP contribution in [-0.4, -0.2) is 21.7 Å². The van der Waals surface area contributed by atoms with Crippen molar-refractivity contribution in [2.75, 3.05) is 0 Å². The zero-order chi connectivity index (χ0) is 14.7. The number of hydrogen-bond donors (Lipinski definition) is 0. The molecular formula is C15H17FN2O2. The topological polar surface area (TPSA) is 44.1 Å². The molecule has 0 fully saturated rings. The second-order valence-electron chi connectivity index (χ2n) is 4.89. The highest BCUT2D eigenvalue weighted by Crippen LogP contribution is 2.18. The van der Waals surface area contributed by atoms with Crippen LogP contribution in [0.25, 0.3) is 5.69 Å². The lowest BCUT2D eigenvalue weighted by Gasteiger charge is -2.13. The summed E-state index contributed by atoms with van der Waals surface area (Å²) in [6, 6.07) is 6.33. The molecule has 0 bridgehead atoms. The molecule has 1 aromatic heterocycles. The quantitative estimate of drug-likeness (QED) is 0.843. The molecule has 1 unspecified atom stereocenters. The highest BCUT2D eigenvalue weighted by molar-refractivity contribution is 5.84. The number of para-hydroxylation sites is 1. The lowest BCUT2D eigenvalue weighted by Crippen LogP contribution is -2.27. The van der Waals surface area contributed by atoms with Crippen molar-refractivity contribution in [1.29, 1.82) is 0 Å². The number of ether oxygens (including phenoxy) is 1. The number of Topliss-reactive ketones (excluding diaryl/α,β-unsaturated/α-hetero) is 1. The van der Waals surface area contributed by atoms with E-state index in [1.54, 1.807) is 31.3 Å². The average Bonchev–Trinajstić information content (AvgIpc) is 2.86. The molecule has 0 N–H and O–H groups in total. The number of hydrogen-bond acceptors (Lipinski definition) is 3. The molecular weight excluding hydrogens is 259 g/mol. The molecule has 106 valence electrons. The van der Waals surface area contributed by atoms with Crippen molar-refractivity contribution >= 4 is 5.78 Å². The van der Waals surface area contributed by atoms with E-state index in [0.717, 1.165) is 0 Å². The molecule has 0 saturated heterocycles. The van der Waals surface area contributed by atoms with E-state index in [1.807, 2.05) is 13.8 Å². The predicted molar refractivity (Wildman–Crippen MR) is 73.5 cm³/mol. The standard InChI is InChI=1S/C15H17FN2O2/c1-10(2)15(19)11(3)20-12-8-17-18(9-12)14-7-5-4-6-13(14)16/h4-11H,1-3H3. The van der Waals surface area contributed by atoms with Crippen LogP contribution < -0.4 is 4.74 Å². The second kappa shape index (κ2) is 5.86. The zero-order valence-electron chi connectivity index (χ0n) is 11.7. The Morgan fingerprint density at radius 3 is 2.65 bits per heavy atom. The number of rotatable bonds is 5. The van der Waals surface area contributed by atoms with Crippen molar-refractivity contribution in [2.24, 2.45) is 5.92 Å². The van der Waals surface area contributed by atoms with E-state index in [2.05, 4.69) is 5.10 Å². The first-order chi connectivity index (χ1) is 9.49. The minimum atomic E-state index is -0.548. The van der Waals surface area contributed by atoms with Gasteiger partial charge < -0.3 is 4.74 Å². The molecule has 5 heteroatoms. The molecule has 0 saturated carbocycles. The molecule has 0 aliphatic heterocycles. The molecule has 0 radical (unpaired) electrons. The lowest BCUT2D eigenvalue weighted by molar-refractivity contribution is -0.128. The van der Waals surface area contributed by atoms with Gasteiger partial charge in [-0.3, -0.25) is 4.79 Å². The van der Waals surface area contributed by atoms with E-state index in [0.29, 0.717) is 11.4 Å². The number of carbonyl (C=O) groups excluding carboxylic acids is 1. The molecule has 2 aromatic rings. The van der Waals surface area contributed by atoms with Gasteiger partial charge in [0.15, 0.2) is 17.6 Å². The fourth-order valence-corrected chi connectivity index (χ4v) is 1.87. The molecule has 0 amide bonds. The highest BCUT2D eigenvalue weighted by atomic mass is 19.1. The van der Waals surface area contributed by atoms with Crippen molar-refractivity contribution in [3.05, 3.63) is 42.5 Å². The van der Waals surface area contributed by atoms with E-state index in [4.69, 9.17) is 4.74 Å². The fourth-order valence-electron chi connectivity index (χ4n) is 1.87. The Hall–Kier alpha value is -2.17. The summed E-state index contributed by atoms with van der Waals surface area (Å²) in [5.74, 6) is -0.00142. The number of aromatic nitrogens is 2. The maximum absolute atomic E-state index is 13.6. The SMILES string of the molecule is CC(C)C(=O)C(C)Oc1cnn(-c2ccccc2F)c1. The first-order valence-corrected chi connectivity index (χ1v) is 6.49. The first-order valence-electron chi connectivity index (χ1n) is 6.49. The van der Waals surface area contributed by atoms with Crippen molar-refractivity contribution in [2.45, 2.75) is 26.9 Å². The van der Waals surface area contributed by atoms with Crippen LogP contribution in [0, 0.1) is 11.7 Å². The minimum absolute atomic E-state index is 0.0173. The van der Waals surface area contributed by atoms with Gasteiger partial charge in [-0.2, -0.15) is 5.10 Å². The van der Waals surface area contributed by atoms with E-state index in [9.17, 15) is 9.18 Å². The van der Waals surface area contributed by atoms with Crippen molar-refractivity contribution in [3.8, 4) is 11.4 Å². The smallest absolute Gasteiger partial charge is 0.175 e. The van der Waals surface area contributed by atoms with E-state index < -0.39 is 6.10 Å². The van der Waals surface area contributed by atoms with Crippen LogP contribution in [0.15, 0.2) is 36.7 Å². The molecule has 2 rings (SSSR count). The van der Waals surface area contributed by atoms with Crippen LogP contribution in [0.3, 0.4) is 0 Å². The monoisotopic (exact) mass is 276 g/mol. The maximum atomic E-state index is 13.6. The van der Waals surface area contributed by atoms with Crippen molar-refractivity contribution < 1.29 is 13.9 Å². The summed E-state index contributed by atoms with van der Waals surface area (Å²) in [5.41, 5.74) is 0.338. The Bertz CT molecular complexity index is 607. The Balaban J connectivity index is 2.14. The third-order valence-corrected chi connectivity index (χ3v) is 2.94. The van der Waals surface area contributed by atoms with E-state index >= 15 is 0 Å². The third-order valence-electron chi connectivity index (χ3n) is 2.94. The van der Waals surface area contributed by atoms with Crippen LogP contribution in [0.1, 0.15) is 20.8 Å². The first kappa shape index (κ1) is 14.2. The predicted octanol–water partition coefficient (Wildman–Crippen LogP) is 3.00.